The summed E-state index contributed by atoms with van der Waals surface area (Å²) in [5, 5.41) is 0. The fourth-order valence-corrected chi connectivity index (χ4v) is 3.47. The lowest BCUT2D eigenvalue weighted by atomic mass is 10.1. The summed E-state index contributed by atoms with van der Waals surface area (Å²) in [6, 6.07) is 8.12. The molecule has 0 aliphatic carbocycles. The van der Waals surface area contributed by atoms with Gasteiger partial charge in [0.05, 0.1) is 6.54 Å². The van der Waals surface area contributed by atoms with Crippen molar-refractivity contribution in [2.45, 2.75) is 32.5 Å². The van der Waals surface area contributed by atoms with E-state index in [-0.39, 0.29) is 5.91 Å². The second kappa shape index (κ2) is 6.16. The quantitative estimate of drug-likeness (QED) is 0.872. The highest BCUT2D eigenvalue weighted by atomic mass is 16.2. The van der Waals surface area contributed by atoms with E-state index in [1.54, 1.807) is 0 Å². The molecule has 1 saturated heterocycles. The number of aromatic nitrogens is 2. The van der Waals surface area contributed by atoms with Gasteiger partial charge in [-0.15, -0.1) is 0 Å². The fourth-order valence-electron chi connectivity index (χ4n) is 3.47. The number of likely N-dealkylation sites (tertiary alicyclic amines) is 1. The van der Waals surface area contributed by atoms with Gasteiger partial charge in [-0.25, -0.2) is 4.98 Å². The maximum Gasteiger partial charge on any atom is 0.253 e. The molecular formula is C18H22N4O. The molecule has 0 bridgehead atoms. The van der Waals surface area contributed by atoms with E-state index in [9.17, 15) is 4.79 Å². The van der Waals surface area contributed by atoms with Gasteiger partial charge in [0.2, 0.25) is 0 Å². The van der Waals surface area contributed by atoms with Gasteiger partial charge in [0.25, 0.3) is 5.91 Å². The topological polar surface area (TPSA) is 41.4 Å². The van der Waals surface area contributed by atoms with Gasteiger partial charge in [0.15, 0.2) is 0 Å². The summed E-state index contributed by atoms with van der Waals surface area (Å²) in [5.74, 6) is 1.31. The normalized spacial score (nSPS) is 18.2. The maximum atomic E-state index is 12.4. The van der Waals surface area contributed by atoms with E-state index < -0.39 is 0 Å². The summed E-state index contributed by atoms with van der Waals surface area (Å²) >= 11 is 0. The summed E-state index contributed by atoms with van der Waals surface area (Å²) in [5.41, 5.74) is 2.06. The van der Waals surface area contributed by atoms with Crippen LogP contribution in [0.1, 0.15) is 34.6 Å². The molecule has 23 heavy (non-hydrogen) atoms. The third-order valence-electron chi connectivity index (χ3n) is 4.82. The minimum Gasteiger partial charge on any atom is -0.339 e. The van der Waals surface area contributed by atoms with Gasteiger partial charge in [0.1, 0.15) is 5.82 Å². The van der Waals surface area contributed by atoms with Crippen LogP contribution in [-0.4, -0.2) is 44.9 Å². The highest BCUT2D eigenvalue weighted by Crippen LogP contribution is 2.16. The Bertz CT molecular complexity index is 685. The second-order valence-corrected chi connectivity index (χ2v) is 6.44. The molecule has 1 fully saturated rings. The van der Waals surface area contributed by atoms with Gasteiger partial charge in [-0.3, -0.25) is 9.69 Å². The second-order valence-electron chi connectivity index (χ2n) is 6.44. The van der Waals surface area contributed by atoms with E-state index in [0.29, 0.717) is 0 Å². The molecular weight excluding hydrogens is 288 g/mol. The third-order valence-corrected chi connectivity index (χ3v) is 4.82. The minimum atomic E-state index is 0.175. The largest absolute Gasteiger partial charge is 0.339 e. The summed E-state index contributed by atoms with van der Waals surface area (Å²) in [6.07, 6.45) is 6.19. The average molecular weight is 310 g/mol. The lowest BCUT2D eigenvalue weighted by Gasteiger charge is -2.27. The molecule has 0 atom stereocenters. The smallest absolute Gasteiger partial charge is 0.253 e. The molecule has 1 aromatic heterocycles. The van der Waals surface area contributed by atoms with E-state index in [1.165, 1.54) is 5.56 Å². The highest BCUT2D eigenvalue weighted by Gasteiger charge is 2.20. The molecule has 0 spiro atoms. The first-order valence-electron chi connectivity index (χ1n) is 8.40. The first-order chi connectivity index (χ1) is 11.3. The molecule has 1 amide bonds. The number of hydrogen-bond acceptors (Lipinski definition) is 3. The zero-order valence-corrected chi connectivity index (χ0v) is 13.3. The zero-order valence-electron chi connectivity index (χ0n) is 13.3. The first kappa shape index (κ1) is 14.5. The van der Waals surface area contributed by atoms with Crippen molar-refractivity contribution in [3.63, 3.8) is 0 Å². The maximum absolute atomic E-state index is 12.4. The van der Waals surface area contributed by atoms with Crippen LogP contribution in [0.15, 0.2) is 36.7 Å². The molecule has 2 aromatic rings. The number of carbonyl (C=O) groups is 1. The van der Waals surface area contributed by atoms with E-state index >= 15 is 0 Å². The average Bonchev–Trinajstić information content (AvgIpc) is 3.26. The van der Waals surface area contributed by atoms with Crippen molar-refractivity contribution in [1.82, 2.24) is 19.4 Å². The van der Waals surface area contributed by atoms with Crippen LogP contribution in [0.25, 0.3) is 0 Å². The van der Waals surface area contributed by atoms with E-state index in [1.807, 2.05) is 29.4 Å². The monoisotopic (exact) mass is 310 g/mol. The SMILES string of the molecule is O=C(c1ccc(CN2CCn3ccnc3C2)cc1)N1CCCC1. The predicted octanol–water partition coefficient (Wildman–Crippen LogP) is 2.13. The Balaban J connectivity index is 1.40. The lowest BCUT2D eigenvalue weighted by Crippen LogP contribution is -2.33. The number of imidazole rings is 1. The van der Waals surface area contributed by atoms with Crippen LogP contribution in [0.3, 0.4) is 0 Å². The molecule has 0 unspecified atom stereocenters. The van der Waals surface area contributed by atoms with Crippen LogP contribution in [0, 0.1) is 0 Å². The Labute approximate surface area is 136 Å². The van der Waals surface area contributed by atoms with Crippen molar-refractivity contribution in [2.24, 2.45) is 0 Å². The highest BCUT2D eigenvalue weighted by molar-refractivity contribution is 5.94. The Hall–Kier alpha value is -2.14. The number of rotatable bonds is 3. The van der Waals surface area contributed by atoms with Crippen molar-refractivity contribution in [2.75, 3.05) is 19.6 Å². The fraction of sp³-hybridized carbons (Fsp3) is 0.444. The van der Waals surface area contributed by atoms with Gasteiger partial charge in [-0.05, 0) is 30.5 Å². The van der Waals surface area contributed by atoms with Crippen LogP contribution in [0.5, 0.6) is 0 Å². The van der Waals surface area contributed by atoms with Crippen molar-refractivity contribution in [1.29, 1.82) is 0 Å². The van der Waals surface area contributed by atoms with Crippen molar-refractivity contribution in [3.8, 4) is 0 Å². The van der Waals surface area contributed by atoms with Gasteiger partial charge in [-0.1, -0.05) is 12.1 Å². The Morgan fingerprint density at radius 1 is 1.04 bits per heavy atom. The van der Waals surface area contributed by atoms with Crippen molar-refractivity contribution >= 4 is 5.91 Å². The van der Waals surface area contributed by atoms with Crippen LogP contribution >= 0.6 is 0 Å². The van der Waals surface area contributed by atoms with Crippen LogP contribution in [0.2, 0.25) is 0 Å². The summed E-state index contributed by atoms with van der Waals surface area (Å²) in [4.78, 5) is 21.1. The van der Waals surface area contributed by atoms with Crippen molar-refractivity contribution in [3.05, 3.63) is 53.6 Å². The molecule has 2 aliphatic heterocycles. The van der Waals surface area contributed by atoms with E-state index in [0.717, 1.165) is 63.5 Å². The molecule has 0 saturated carbocycles. The number of fused-ring (bicyclic) bond motifs is 1. The molecule has 120 valence electrons. The van der Waals surface area contributed by atoms with Gasteiger partial charge in [-0.2, -0.15) is 0 Å². The number of nitrogens with zero attached hydrogens (tertiary/aromatic N) is 4. The minimum absolute atomic E-state index is 0.175. The number of hydrogen-bond donors (Lipinski definition) is 0. The van der Waals surface area contributed by atoms with Crippen LogP contribution in [0.4, 0.5) is 0 Å². The molecule has 5 nitrogen and oxygen atoms in total. The van der Waals surface area contributed by atoms with Crippen LogP contribution < -0.4 is 0 Å². The number of amides is 1. The van der Waals surface area contributed by atoms with Gasteiger partial charge < -0.3 is 9.47 Å². The van der Waals surface area contributed by atoms with E-state index in [4.69, 9.17) is 0 Å². The summed E-state index contributed by atoms with van der Waals surface area (Å²) < 4.78 is 2.22. The Morgan fingerprint density at radius 2 is 1.83 bits per heavy atom. The summed E-state index contributed by atoms with van der Waals surface area (Å²) in [6.45, 7) is 5.65. The standard InChI is InChI=1S/C18H22N4O/c23-18(22-8-1-2-9-22)16-5-3-15(4-6-16)13-20-11-12-21-10-7-19-17(21)14-20/h3-7,10H,1-2,8-9,11-14H2. The van der Waals surface area contributed by atoms with Gasteiger partial charge >= 0.3 is 0 Å². The summed E-state index contributed by atoms with van der Waals surface area (Å²) in [7, 11) is 0. The third kappa shape index (κ3) is 3.01. The van der Waals surface area contributed by atoms with E-state index in [2.05, 4.69) is 26.6 Å². The lowest BCUT2D eigenvalue weighted by molar-refractivity contribution is 0.0793. The number of benzene rings is 1. The Kier molecular flexibility index (Phi) is 3.87. The molecule has 0 N–H and O–H groups in total. The molecule has 2 aliphatic rings. The molecule has 4 rings (SSSR count). The van der Waals surface area contributed by atoms with Crippen molar-refractivity contribution < 1.29 is 4.79 Å². The van der Waals surface area contributed by atoms with Gasteiger partial charge in [0, 0.05) is 50.7 Å². The zero-order chi connectivity index (χ0) is 15.6. The predicted molar refractivity (Wildman–Crippen MR) is 87.9 cm³/mol. The molecule has 1 aromatic carbocycles. The first-order valence-corrected chi connectivity index (χ1v) is 8.40. The van der Waals surface area contributed by atoms with Crippen LogP contribution in [-0.2, 0) is 19.6 Å². The molecule has 0 radical (unpaired) electrons. The molecule has 3 heterocycles. The molecule has 5 heteroatoms. The Morgan fingerprint density at radius 3 is 2.61 bits per heavy atom. The number of carbonyl (C=O) groups excluding carboxylic acids is 1.